The van der Waals surface area contributed by atoms with Crippen molar-refractivity contribution >= 4 is 17.8 Å². The molecule has 2 rings (SSSR count). The van der Waals surface area contributed by atoms with Crippen LogP contribution in [-0.4, -0.2) is 36.5 Å². The number of benzene rings is 1. The average molecular weight is 386 g/mol. The normalized spacial score (nSPS) is 15.9. The largest absolute Gasteiger partial charge is 0.451 e. The van der Waals surface area contributed by atoms with Crippen LogP contribution in [0.3, 0.4) is 0 Å². The maximum Gasteiger partial charge on any atom is 0.416 e. The highest BCUT2D eigenvalue weighted by Crippen LogP contribution is 2.29. The van der Waals surface area contributed by atoms with Crippen LogP contribution < -0.4 is 10.6 Å². The zero-order chi connectivity index (χ0) is 20.0. The third-order valence-corrected chi connectivity index (χ3v) is 4.25. The highest BCUT2D eigenvalue weighted by Gasteiger charge is 2.30. The SMILES string of the molecule is C[C@H](OC(=O)CNC(=O)c1ccc(C(F)(F)F)cc1)C(=O)NC1CCCC1. The fourth-order valence-electron chi connectivity index (χ4n) is 2.75. The Morgan fingerprint density at radius 2 is 1.74 bits per heavy atom. The molecular formula is C18H21F3N2O4. The third-order valence-electron chi connectivity index (χ3n) is 4.25. The summed E-state index contributed by atoms with van der Waals surface area (Å²) in [6.45, 7) is 0.931. The highest BCUT2D eigenvalue weighted by molar-refractivity contribution is 5.96. The fraction of sp³-hybridized carbons (Fsp3) is 0.500. The monoisotopic (exact) mass is 386 g/mol. The van der Waals surface area contributed by atoms with Gasteiger partial charge in [0.05, 0.1) is 5.56 Å². The molecule has 1 aromatic rings. The van der Waals surface area contributed by atoms with E-state index in [1.54, 1.807) is 0 Å². The molecule has 1 aliphatic rings. The van der Waals surface area contributed by atoms with Gasteiger partial charge in [-0.2, -0.15) is 13.2 Å². The van der Waals surface area contributed by atoms with Crippen LogP contribution in [0, 0.1) is 0 Å². The predicted octanol–water partition coefficient (Wildman–Crippen LogP) is 2.43. The molecule has 0 bridgehead atoms. The number of carbonyl (C=O) groups excluding carboxylic acids is 3. The van der Waals surface area contributed by atoms with Gasteiger partial charge in [0.25, 0.3) is 11.8 Å². The first-order valence-electron chi connectivity index (χ1n) is 8.62. The number of alkyl halides is 3. The molecule has 148 valence electrons. The van der Waals surface area contributed by atoms with E-state index in [1.807, 2.05) is 0 Å². The zero-order valence-electron chi connectivity index (χ0n) is 14.8. The second-order valence-corrected chi connectivity index (χ2v) is 6.38. The Hall–Kier alpha value is -2.58. The maximum atomic E-state index is 12.5. The Labute approximate surface area is 154 Å². The molecule has 0 saturated heterocycles. The van der Waals surface area contributed by atoms with Gasteiger partial charge < -0.3 is 15.4 Å². The summed E-state index contributed by atoms with van der Waals surface area (Å²) in [5.74, 6) is -1.93. The van der Waals surface area contributed by atoms with Crippen LogP contribution in [0.1, 0.15) is 48.5 Å². The number of rotatable bonds is 6. The molecule has 1 atom stereocenters. The highest BCUT2D eigenvalue weighted by atomic mass is 19.4. The summed E-state index contributed by atoms with van der Waals surface area (Å²) >= 11 is 0. The van der Waals surface area contributed by atoms with E-state index >= 15 is 0 Å². The van der Waals surface area contributed by atoms with Gasteiger partial charge in [0.1, 0.15) is 6.54 Å². The van der Waals surface area contributed by atoms with Gasteiger partial charge in [-0.3, -0.25) is 14.4 Å². The third kappa shape index (κ3) is 6.26. The molecule has 2 amide bonds. The number of hydrogen-bond acceptors (Lipinski definition) is 4. The summed E-state index contributed by atoms with van der Waals surface area (Å²) in [6.07, 6.45) is -1.59. The average Bonchev–Trinajstić information content (AvgIpc) is 3.12. The zero-order valence-corrected chi connectivity index (χ0v) is 14.8. The van der Waals surface area contributed by atoms with Gasteiger partial charge in [-0.05, 0) is 44.0 Å². The van der Waals surface area contributed by atoms with Crippen molar-refractivity contribution in [3.63, 3.8) is 0 Å². The summed E-state index contributed by atoms with van der Waals surface area (Å²) in [6, 6.07) is 3.69. The second kappa shape index (κ2) is 8.88. The lowest BCUT2D eigenvalue weighted by Gasteiger charge is -2.17. The quantitative estimate of drug-likeness (QED) is 0.736. The van der Waals surface area contributed by atoms with Crippen LogP contribution in [0.2, 0.25) is 0 Å². The molecule has 0 heterocycles. The van der Waals surface area contributed by atoms with Gasteiger partial charge >= 0.3 is 12.1 Å². The van der Waals surface area contributed by atoms with Crippen molar-refractivity contribution in [3.05, 3.63) is 35.4 Å². The first kappa shape index (κ1) is 20.7. The molecule has 1 aliphatic carbocycles. The second-order valence-electron chi connectivity index (χ2n) is 6.38. The van der Waals surface area contributed by atoms with E-state index in [0.717, 1.165) is 49.9 Å². The van der Waals surface area contributed by atoms with Gasteiger partial charge in [-0.15, -0.1) is 0 Å². The first-order valence-corrected chi connectivity index (χ1v) is 8.62. The van der Waals surface area contributed by atoms with E-state index in [2.05, 4.69) is 10.6 Å². The summed E-state index contributed by atoms with van der Waals surface area (Å²) in [5.41, 5.74) is -0.900. The number of amides is 2. The summed E-state index contributed by atoms with van der Waals surface area (Å²) in [5, 5.41) is 5.04. The van der Waals surface area contributed by atoms with Gasteiger partial charge in [-0.25, -0.2) is 0 Å². The molecule has 1 fully saturated rings. The van der Waals surface area contributed by atoms with Crippen molar-refractivity contribution in [2.75, 3.05) is 6.54 Å². The molecule has 0 aliphatic heterocycles. The summed E-state index contributed by atoms with van der Waals surface area (Å²) < 4.78 is 42.4. The smallest absolute Gasteiger partial charge is 0.416 e. The topological polar surface area (TPSA) is 84.5 Å². The lowest BCUT2D eigenvalue weighted by molar-refractivity contribution is -0.154. The van der Waals surface area contributed by atoms with Crippen LogP contribution in [0.4, 0.5) is 13.2 Å². The molecule has 27 heavy (non-hydrogen) atoms. The van der Waals surface area contributed by atoms with Crippen LogP contribution in [0.25, 0.3) is 0 Å². The molecular weight excluding hydrogens is 365 g/mol. The van der Waals surface area contributed by atoms with Crippen LogP contribution in [0.5, 0.6) is 0 Å². The molecule has 1 aromatic carbocycles. The van der Waals surface area contributed by atoms with Crippen molar-refractivity contribution < 1.29 is 32.3 Å². The van der Waals surface area contributed by atoms with Crippen molar-refractivity contribution in [1.82, 2.24) is 10.6 Å². The molecule has 0 radical (unpaired) electrons. The number of hydrogen-bond donors (Lipinski definition) is 2. The molecule has 2 N–H and O–H groups in total. The van der Waals surface area contributed by atoms with E-state index in [4.69, 9.17) is 4.74 Å². The molecule has 9 heteroatoms. The van der Waals surface area contributed by atoms with Crippen molar-refractivity contribution in [1.29, 1.82) is 0 Å². The van der Waals surface area contributed by atoms with Crippen LogP contribution in [0.15, 0.2) is 24.3 Å². The van der Waals surface area contributed by atoms with E-state index in [9.17, 15) is 27.6 Å². The molecule has 0 unspecified atom stereocenters. The summed E-state index contributed by atoms with van der Waals surface area (Å²) in [4.78, 5) is 35.6. The Bertz CT molecular complexity index is 683. The fourth-order valence-corrected chi connectivity index (χ4v) is 2.75. The van der Waals surface area contributed by atoms with Crippen molar-refractivity contribution in [2.45, 2.75) is 50.9 Å². The molecule has 1 saturated carbocycles. The van der Waals surface area contributed by atoms with Gasteiger partial charge in [0, 0.05) is 11.6 Å². The Morgan fingerprint density at radius 3 is 2.30 bits per heavy atom. The minimum atomic E-state index is -4.49. The number of esters is 1. The van der Waals surface area contributed by atoms with Crippen molar-refractivity contribution in [3.8, 4) is 0 Å². The van der Waals surface area contributed by atoms with E-state index in [1.165, 1.54) is 6.92 Å². The Morgan fingerprint density at radius 1 is 1.15 bits per heavy atom. The Balaban J connectivity index is 1.77. The number of nitrogens with one attached hydrogen (secondary N) is 2. The molecule has 0 aromatic heterocycles. The van der Waals surface area contributed by atoms with E-state index < -0.39 is 42.2 Å². The van der Waals surface area contributed by atoms with Crippen LogP contribution >= 0.6 is 0 Å². The molecule has 6 nitrogen and oxygen atoms in total. The number of halogens is 3. The predicted molar refractivity (Wildman–Crippen MR) is 89.7 cm³/mol. The van der Waals surface area contributed by atoms with Gasteiger partial charge in [-0.1, -0.05) is 12.8 Å². The van der Waals surface area contributed by atoms with Gasteiger partial charge in [0.15, 0.2) is 6.10 Å². The first-order chi connectivity index (χ1) is 12.7. The van der Waals surface area contributed by atoms with Crippen molar-refractivity contribution in [2.24, 2.45) is 0 Å². The lowest BCUT2D eigenvalue weighted by atomic mass is 10.1. The minimum Gasteiger partial charge on any atom is -0.451 e. The van der Waals surface area contributed by atoms with Crippen LogP contribution in [-0.2, 0) is 20.5 Å². The Kier molecular flexibility index (Phi) is 6.81. The number of carbonyl (C=O) groups is 3. The summed E-state index contributed by atoms with van der Waals surface area (Å²) in [7, 11) is 0. The number of ether oxygens (including phenoxy) is 1. The maximum absolute atomic E-state index is 12.5. The molecule has 0 spiro atoms. The minimum absolute atomic E-state index is 0.0252. The standard InChI is InChI=1S/C18H21F3N2O4/c1-11(16(25)23-14-4-2-3-5-14)27-15(24)10-22-17(26)12-6-8-13(9-7-12)18(19,20)21/h6-9,11,14H,2-5,10H2,1H3,(H,22,26)(H,23,25)/t11-/m0/s1. The van der Waals surface area contributed by atoms with Gasteiger partial charge in [0.2, 0.25) is 0 Å². The van der Waals surface area contributed by atoms with E-state index in [0.29, 0.717) is 0 Å². The lowest BCUT2D eigenvalue weighted by Crippen LogP contribution is -2.42. The van der Waals surface area contributed by atoms with E-state index in [-0.39, 0.29) is 11.6 Å².